The number of aromatic hydroxyl groups is 1. The summed E-state index contributed by atoms with van der Waals surface area (Å²) in [6, 6.07) is 1.99. The number of phenols is 1. The average molecular weight is 170 g/mol. The molecule has 1 aromatic carbocycles. The highest BCUT2D eigenvalue weighted by molar-refractivity contribution is 5.59. The van der Waals surface area contributed by atoms with Crippen molar-refractivity contribution < 1.29 is 9.50 Å². The zero-order chi connectivity index (χ0) is 9.14. The molecule has 0 aliphatic heterocycles. The van der Waals surface area contributed by atoms with Gasteiger partial charge in [0.2, 0.25) is 0 Å². The molecule has 5 N–H and O–H groups in total. The van der Waals surface area contributed by atoms with E-state index in [9.17, 15) is 4.39 Å². The van der Waals surface area contributed by atoms with Crippen LogP contribution in [0.1, 0.15) is 0 Å². The second-order valence-corrected chi connectivity index (χ2v) is 2.08. The lowest BCUT2D eigenvalue weighted by atomic mass is 10.2. The number of anilines is 1. The minimum atomic E-state index is -0.705. The predicted molar refractivity (Wildman–Crippen MR) is 41.2 cm³/mol. The molecule has 0 atom stereocenters. The monoisotopic (exact) mass is 170 g/mol. The van der Waals surface area contributed by atoms with Crippen LogP contribution in [0.15, 0.2) is 22.5 Å². The molecule has 1 aromatic rings. The molecule has 0 saturated carbocycles. The van der Waals surface area contributed by atoms with E-state index in [1.54, 1.807) is 0 Å². The van der Waals surface area contributed by atoms with Gasteiger partial charge in [0.1, 0.15) is 17.3 Å². The van der Waals surface area contributed by atoms with E-state index in [1.165, 1.54) is 0 Å². The van der Waals surface area contributed by atoms with Gasteiger partial charge in [-0.05, 0) is 6.07 Å². The first-order valence-electron chi connectivity index (χ1n) is 3.04. The van der Waals surface area contributed by atoms with Gasteiger partial charge in [-0.3, -0.25) is 0 Å². The SMILES string of the molecule is NN=Nc1cc(N)c(F)cc1O. The van der Waals surface area contributed by atoms with Gasteiger partial charge in [-0.2, -0.15) is 0 Å². The van der Waals surface area contributed by atoms with E-state index in [1.807, 2.05) is 0 Å². The maximum absolute atomic E-state index is 12.6. The molecule has 0 radical (unpaired) electrons. The first kappa shape index (κ1) is 8.25. The number of nitrogen functional groups attached to an aromatic ring is 1. The number of hydrogen-bond donors (Lipinski definition) is 3. The summed E-state index contributed by atoms with van der Waals surface area (Å²) >= 11 is 0. The lowest BCUT2D eigenvalue weighted by molar-refractivity contribution is 0.470. The Labute approximate surface area is 67.5 Å². The molecule has 0 fully saturated rings. The first-order valence-corrected chi connectivity index (χ1v) is 3.04. The molecule has 12 heavy (non-hydrogen) atoms. The van der Waals surface area contributed by atoms with Gasteiger partial charge in [0.25, 0.3) is 0 Å². The number of halogens is 1. The van der Waals surface area contributed by atoms with Gasteiger partial charge >= 0.3 is 0 Å². The number of benzene rings is 1. The number of rotatable bonds is 1. The Morgan fingerprint density at radius 2 is 2.08 bits per heavy atom. The minimum Gasteiger partial charge on any atom is -0.506 e. The third-order valence-electron chi connectivity index (χ3n) is 1.26. The van der Waals surface area contributed by atoms with Crippen LogP contribution in [0.4, 0.5) is 15.8 Å². The van der Waals surface area contributed by atoms with Gasteiger partial charge in [0.05, 0.1) is 5.69 Å². The second kappa shape index (κ2) is 3.04. The van der Waals surface area contributed by atoms with Crippen molar-refractivity contribution in [2.24, 2.45) is 16.2 Å². The lowest BCUT2D eigenvalue weighted by Gasteiger charge is -1.99. The van der Waals surface area contributed by atoms with Crippen LogP contribution in [0, 0.1) is 5.82 Å². The highest BCUT2D eigenvalue weighted by Crippen LogP contribution is 2.30. The molecule has 0 amide bonds. The zero-order valence-corrected chi connectivity index (χ0v) is 6.03. The molecule has 0 saturated heterocycles. The molecule has 0 aliphatic rings. The van der Waals surface area contributed by atoms with Crippen molar-refractivity contribution >= 4 is 11.4 Å². The maximum Gasteiger partial charge on any atom is 0.149 e. The molecule has 5 nitrogen and oxygen atoms in total. The zero-order valence-electron chi connectivity index (χ0n) is 6.03. The summed E-state index contributed by atoms with van der Waals surface area (Å²) in [5.74, 6) is 3.67. The molecule has 64 valence electrons. The fourth-order valence-corrected chi connectivity index (χ4v) is 0.710. The van der Waals surface area contributed by atoms with E-state index in [-0.39, 0.29) is 17.1 Å². The van der Waals surface area contributed by atoms with Crippen molar-refractivity contribution in [1.29, 1.82) is 0 Å². The summed E-state index contributed by atoms with van der Waals surface area (Å²) in [7, 11) is 0. The van der Waals surface area contributed by atoms with Gasteiger partial charge < -0.3 is 16.7 Å². The van der Waals surface area contributed by atoms with Gasteiger partial charge in [0, 0.05) is 6.07 Å². The topological polar surface area (TPSA) is 97.0 Å². The van der Waals surface area contributed by atoms with E-state index in [2.05, 4.69) is 10.3 Å². The van der Waals surface area contributed by atoms with E-state index in [4.69, 9.17) is 16.7 Å². The molecule has 1 rings (SSSR count). The largest absolute Gasteiger partial charge is 0.506 e. The van der Waals surface area contributed by atoms with Crippen molar-refractivity contribution in [3.63, 3.8) is 0 Å². The van der Waals surface area contributed by atoms with Gasteiger partial charge in [-0.1, -0.05) is 5.22 Å². The number of hydrogen-bond acceptors (Lipinski definition) is 4. The van der Waals surface area contributed by atoms with Crippen LogP contribution in [-0.4, -0.2) is 5.11 Å². The second-order valence-electron chi connectivity index (χ2n) is 2.08. The molecular formula is C6H7FN4O. The minimum absolute atomic E-state index is 0.0383. The first-order chi connectivity index (χ1) is 5.65. The number of nitrogens with two attached hydrogens (primary N) is 2. The molecule has 0 heterocycles. The Bertz CT molecular complexity index is 326. The van der Waals surface area contributed by atoms with Gasteiger partial charge in [-0.15, -0.1) is 5.11 Å². The summed E-state index contributed by atoms with van der Waals surface area (Å²) < 4.78 is 12.6. The van der Waals surface area contributed by atoms with Crippen LogP contribution in [0.5, 0.6) is 5.75 Å². The Kier molecular flexibility index (Phi) is 2.09. The van der Waals surface area contributed by atoms with Crippen molar-refractivity contribution in [1.82, 2.24) is 0 Å². The highest BCUT2D eigenvalue weighted by Gasteiger charge is 2.05. The van der Waals surface area contributed by atoms with Crippen molar-refractivity contribution in [2.75, 3.05) is 5.73 Å². The standard InChI is InChI=1S/C6H7FN4O/c7-3-1-6(12)5(10-11-9)2-4(3)8/h1-2,12H,8H2,(H2,9,10). The maximum atomic E-state index is 12.6. The average Bonchev–Trinajstić information content (AvgIpc) is 2.01. The Hall–Kier alpha value is -1.85. The quantitative estimate of drug-likeness (QED) is 0.193. The van der Waals surface area contributed by atoms with Crippen LogP contribution in [0.2, 0.25) is 0 Å². The lowest BCUT2D eigenvalue weighted by Crippen LogP contribution is -1.89. The van der Waals surface area contributed by atoms with Crippen LogP contribution < -0.4 is 11.6 Å². The van der Waals surface area contributed by atoms with Gasteiger partial charge in [-0.25, -0.2) is 4.39 Å². The smallest absolute Gasteiger partial charge is 0.149 e. The fourth-order valence-electron chi connectivity index (χ4n) is 0.710. The van der Waals surface area contributed by atoms with Crippen molar-refractivity contribution in [3.8, 4) is 5.75 Å². The third kappa shape index (κ3) is 1.42. The molecular weight excluding hydrogens is 163 g/mol. The molecule has 6 heteroatoms. The van der Waals surface area contributed by atoms with Crippen molar-refractivity contribution in [3.05, 3.63) is 17.9 Å². The summed E-state index contributed by atoms with van der Waals surface area (Å²) in [6.45, 7) is 0. The normalized spacial score (nSPS) is 10.8. The fraction of sp³-hybridized carbons (Fsp3) is 0. The Balaban J connectivity index is 3.23. The van der Waals surface area contributed by atoms with E-state index in [0.717, 1.165) is 12.1 Å². The van der Waals surface area contributed by atoms with Crippen LogP contribution in [0.3, 0.4) is 0 Å². The van der Waals surface area contributed by atoms with Crippen molar-refractivity contribution in [2.45, 2.75) is 0 Å². The van der Waals surface area contributed by atoms with Crippen LogP contribution in [0.25, 0.3) is 0 Å². The highest BCUT2D eigenvalue weighted by atomic mass is 19.1. The molecule has 0 unspecified atom stereocenters. The molecule has 0 aromatic heterocycles. The predicted octanol–water partition coefficient (Wildman–Crippen LogP) is 1.07. The Morgan fingerprint density at radius 1 is 1.42 bits per heavy atom. The number of nitrogens with zero attached hydrogens (tertiary/aromatic N) is 2. The van der Waals surface area contributed by atoms with E-state index in [0.29, 0.717) is 0 Å². The summed E-state index contributed by atoms with van der Waals surface area (Å²) in [4.78, 5) is 0. The van der Waals surface area contributed by atoms with Gasteiger partial charge in [0.15, 0.2) is 0 Å². The number of phenolic OH excluding ortho intramolecular Hbond substituents is 1. The molecule has 0 bridgehead atoms. The summed E-state index contributed by atoms with van der Waals surface area (Å²) in [5, 5.41) is 15.3. The van der Waals surface area contributed by atoms with Crippen LogP contribution >= 0.6 is 0 Å². The van der Waals surface area contributed by atoms with Crippen LogP contribution in [-0.2, 0) is 0 Å². The van der Waals surface area contributed by atoms with E-state index < -0.39 is 5.82 Å². The summed E-state index contributed by atoms with van der Waals surface area (Å²) in [5.41, 5.74) is 5.11. The van der Waals surface area contributed by atoms with E-state index >= 15 is 0 Å². The Morgan fingerprint density at radius 3 is 2.67 bits per heavy atom. The molecule has 0 aliphatic carbocycles. The third-order valence-corrected chi connectivity index (χ3v) is 1.26. The molecule has 0 spiro atoms. The summed E-state index contributed by atoms with van der Waals surface area (Å²) in [6.07, 6.45) is 0.